The number of aliphatic hydroxyl groups is 3. The van der Waals surface area contributed by atoms with Gasteiger partial charge in [-0.1, -0.05) is 51.4 Å². The molecule has 1 fully saturated rings. The van der Waals surface area contributed by atoms with E-state index in [9.17, 15) is 15.3 Å². The van der Waals surface area contributed by atoms with Crippen LogP contribution in [0.4, 0.5) is 0 Å². The summed E-state index contributed by atoms with van der Waals surface area (Å²) in [5.74, 6) is 0. The fraction of sp³-hybridized carbons (Fsp3) is 1.00. The van der Waals surface area contributed by atoms with Gasteiger partial charge in [-0.2, -0.15) is 0 Å². The SMILES string of the molecule is OC1CCCCCCCCCCC(O)CC(O)C1. The Hall–Kier alpha value is -0.120. The summed E-state index contributed by atoms with van der Waals surface area (Å²) in [6, 6.07) is 0. The van der Waals surface area contributed by atoms with Gasteiger partial charge in [-0.15, -0.1) is 0 Å². The first-order valence-electron chi connectivity index (χ1n) is 7.72. The monoisotopic (exact) mass is 258 g/mol. The highest BCUT2D eigenvalue weighted by atomic mass is 16.3. The molecule has 1 rings (SSSR count). The van der Waals surface area contributed by atoms with Crippen LogP contribution in [0.1, 0.15) is 77.0 Å². The fourth-order valence-electron chi connectivity index (χ4n) is 2.78. The second-order valence-electron chi connectivity index (χ2n) is 5.84. The average molecular weight is 258 g/mol. The molecule has 2 unspecified atom stereocenters. The predicted octanol–water partition coefficient (Wildman–Crippen LogP) is 2.76. The third kappa shape index (κ3) is 8.06. The molecule has 0 aromatic rings. The van der Waals surface area contributed by atoms with Crippen molar-refractivity contribution in [3.63, 3.8) is 0 Å². The zero-order valence-corrected chi connectivity index (χ0v) is 11.6. The smallest absolute Gasteiger partial charge is 0.0589 e. The van der Waals surface area contributed by atoms with E-state index in [2.05, 4.69) is 0 Å². The Morgan fingerprint density at radius 1 is 0.444 bits per heavy atom. The van der Waals surface area contributed by atoms with Gasteiger partial charge in [0.15, 0.2) is 0 Å². The zero-order chi connectivity index (χ0) is 13.2. The van der Waals surface area contributed by atoms with Gasteiger partial charge in [-0.25, -0.2) is 0 Å². The van der Waals surface area contributed by atoms with Crippen LogP contribution >= 0.6 is 0 Å². The Morgan fingerprint density at radius 3 is 1.17 bits per heavy atom. The molecule has 0 heterocycles. The lowest BCUT2D eigenvalue weighted by Gasteiger charge is -2.18. The van der Waals surface area contributed by atoms with Crippen molar-refractivity contribution in [2.24, 2.45) is 0 Å². The van der Waals surface area contributed by atoms with Crippen LogP contribution in [0.3, 0.4) is 0 Å². The maximum absolute atomic E-state index is 9.80. The number of rotatable bonds is 0. The summed E-state index contributed by atoms with van der Waals surface area (Å²) in [6.45, 7) is 0. The van der Waals surface area contributed by atoms with Gasteiger partial charge in [0, 0.05) is 0 Å². The largest absolute Gasteiger partial charge is 0.393 e. The summed E-state index contributed by atoms with van der Waals surface area (Å²) in [6.07, 6.45) is 10.6. The number of hydrogen-bond acceptors (Lipinski definition) is 3. The highest BCUT2D eigenvalue weighted by Crippen LogP contribution is 2.17. The maximum Gasteiger partial charge on any atom is 0.0589 e. The Labute approximate surface area is 111 Å². The number of hydrogen-bond donors (Lipinski definition) is 3. The lowest BCUT2D eigenvalue weighted by atomic mass is 9.99. The van der Waals surface area contributed by atoms with Gasteiger partial charge in [0.1, 0.15) is 0 Å². The normalized spacial score (nSPS) is 34.5. The number of aliphatic hydroxyl groups excluding tert-OH is 3. The van der Waals surface area contributed by atoms with Gasteiger partial charge in [-0.3, -0.25) is 0 Å². The topological polar surface area (TPSA) is 60.7 Å². The van der Waals surface area contributed by atoms with Crippen molar-refractivity contribution in [1.29, 1.82) is 0 Å². The van der Waals surface area contributed by atoms with Crippen LogP contribution in [0.15, 0.2) is 0 Å². The van der Waals surface area contributed by atoms with Crippen LogP contribution in [0.2, 0.25) is 0 Å². The molecular weight excluding hydrogens is 228 g/mol. The molecule has 1 aliphatic rings. The van der Waals surface area contributed by atoms with Crippen LogP contribution in [0.5, 0.6) is 0 Å². The molecule has 108 valence electrons. The molecule has 0 aliphatic heterocycles. The molecule has 3 heteroatoms. The minimum atomic E-state index is -0.555. The molecule has 0 saturated heterocycles. The molecule has 0 amide bonds. The molecule has 0 aromatic carbocycles. The highest BCUT2D eigenvalue weighted by Gasteiger charge is 2.16. The van der Waals surface area contributed by atoms with Crippen molar-refractivity contribution in [2.75, 3.05) is 0 Å². The van der Waals surface area contributed by atoms with Gasteiger partial charge < -0.3 is 15.3 Å². The van der Waals surface area contributed by atoms with Crippen molar-refractivity contribution in [3.05, 3.63) is 0 Å². The summed E-state index contributed by atoms with van der Waals surface area (Å²) < 4.78 is 0. The quantitative estimate of drug-likeness (QED) is 0.626. The van der Waals surface area contributed by atoms with E-state index < -0.39 is 18.3 Å². The Balaban J connectivity index is 2.31. The molecule has 0 aromatic heterocycles. The van der Waals surface area contributed by atoms with E-state index >= 15 is 0 Å². The zero-order valence-electron chi connectivity index (χ0n) is 11.6. The van der Waals surface area contributed by atoms with E-state index in [1.807, 2.05) is 0 Å². The molecule has 2 atom stereocenters. The molecule has 0 spiro atoms. The van der Waals surface area contributed by atoms with Crippen LogP contribution in [-0.4, -0.2) is 33.6 Å². The van der Waals surface area contributed by atoms with E-state index in [1.165, 1.54) is 38.5 Å². The molecule has 0 radical (unpaired) electrons. The third-order valence-electron chi connectivity index (χ3n) is 3.91. The van der Waals surface area contributed by atoms with E-state index in [4.69, 9.17) is 0 Å². The van der Waals surface area contributed by atoms with E-state index in [0.717, 1.165) is 25.7 Å². The predicted molar refractivity (Wildman–Crippen MR) is 73.4 cm³/mol. The highest BCUT2D eigenvalue weighted by molar-refractivity contribution is 4.69. The molecule has 18 heavy (non-hydrogen) atoms. The molecule has 3 N–H and O–H groups in total. The van der Waals surface area contributed by atoms with Crippen molar-refractivity contribution in [1.82, 2.24) is 0 Å². The molecule has 3 nitrogen and oxygen atoms in total. The van der Waals surface area contributed by atoms with Gasteiger partial charge >= 0.3 is 0 Å². The summed E-state index contributed by atoms with van der Waals surface area (Å²) in [5, 5.41) is 29.4. The molecule has 1 aliphatic carbocycles. The first kappa shape index (κ1) is 15.9. The molecular formula is C15H30O3. The third-order valence-corrected chi connectivity index (χ3v) is 3.91. The standard InChI is InChI=1S/C15H30O3/c16-13-9-7-5-3-1-2-4-6-8-10-14(17)12-15(18)11-13/h13-18H,1-12H2. The Morgan fingerprint density at radius 2 is 0.778 bits per heavy atom. The van der Waals surface area contributed by atoms with Gasteiger partial charge in [0.2, 0.25) is 0 Å². The van der Waals surface area contributed by atoms with Gasteiger partial charge in [0.05, 0.1) is 18.3 Å². The van der Waals surface area contributed by atoms with Crippen molar-refractivity contribution >= 4 is 0 Å². The molecule has 0 bridgehead atoms. The van der Waals surface area contributed by atoms with Crippen LogP contribution in [0, 0.1) is 0 Å². The van der Waals surface area contributed by atoms with Crippen molar-refractivity contribution in [3.8, 4) is 0 Å². The Kier molecular flexibility index (Phi) is 8.64. The first-order chi connectivity index (χ1) is 8.68. The fourth-order valence-corrected chi connectivity index (χ4v) is 2.78. The lowest BCUT2D eigenvalue weighted by molar-refractivity contribution is 0.0336. The van der Waals surface area contributed by atoms with Crippen LogP contribution in [-0.2, 0) is 0 Å². The minimum absolute atomic E-state index is 0.405. The lowest BCUT2D eigenvalue weighted by Crippen LogP contribution is -2.23. The van der Waals surface area contributed by atoms with E-state index in [0.29, 0.717) is 12.8 Å². The summed E-state index contributed by atoms with van der Waals surface area (Å²) in [4.78, 5) is 0. The summed E-state index contributed by atoms with van der Waals surface area (Å²) >= 11 is 0. The first-order valence-corrected chi connectivity index (χ1v) is 7.72. The Bertz CT molecular complexity index is 176. The van der Waals surface area contributed by atoms with E-state index in [1.54, 1.807) is 0 Å². The van der Waals surface area contributed by atoms with Crippen LogP contribution < -0.4 is 0 Å². The minimum Gasteiger partial charge on any atom is -0.393 e. The van der Waals surface area contributed by atoms with Crippen LogP contribution in [0.25, 0.3) is 0 Å². The summed E-state index contributed by atoms with van der Waals surface area (Å²) in [7, 11) is 0. The second kappa shape index (κ2) is 9.76. The van der Waals surface area contributed by atoms with Crippen molar-refractivity contribution < 1.29 is 15.3 Å². The summed E-state index contributed by atoms with van der Waals surface area (Å²) in [5.41, 5.74) is 0. The van der Waals surface area contributed by atoms with Crippen molar-refractivity contribution in [2.45, 2.75) is 95.4 Å². The second-order valence-corrected chi connectivity index (χ2v) is 5.84. The molecule has 1 saturated carbocycles. The maximum atomic E-state index is 9.80. The van der Waals surface area contributed by atoms with Gasteiger partial charge in [0.25, 0.3) is 0 Å². The average Bonchev–Trinajstić information content (AvgIpc) is 2.30. The van der Waals surface area contributed by atoms with Gasteiger partial charge in [-0.05, 0) is 25.7 Å². The van der Waals surface area contributed by atoms with E-state index in [-0.39, 0.29) is 0 Å².